The SMILES string of the molecule is CC1CCCC(N)(Cc2cc(F)cc([N+](=O)[O-])c2)C1. The van der Waals surface area contributed by atoms with Crippen molar-refractivity contribution in [1.29, 1.82) is 0 Å². The van der Waals surface area contributed by atoms with Crippen molar-refractivity contribution in [2.75, 3.05) is 0 Å². The monoisotopic (exact) mass is 266 g/mol. The van der Waals surface area contributed by atoms with Gasteiger partial charge in [-0.15, -0.1) is 0 Å². The maximum absolute atomic E-state index is 13.4. The molecule has 2 atom stereocenters. The predicted molar refractivity (Wildman–Crippen MR) is 71.3 cm³/mol. The van der Waals surface area contributed by atoms with Crippen LogP contribution >= 0.6 is 0 Å². The number of hydrogen-bond donors (Lipinski definition) is 1. The Balaban J connectivity index is 2.20. The molecule has 4 nitrogen and oxygen atoms in total. The van der Waals surface area contributed by atoms with Gasteiger partial charge < -0.3 is 5.73 Å². The smallest absolute Gasteiger partial charge is 0.272 e. The molecule has 2 unspecified atom stereocenters. The fraction of sp³-hybridized carbons (Fsp3) is 0.571. The minimum Gasteiger partial charge on any atom is -0.325 e. The molecular formula is C14H19FN2O2. The van der Waals surface area contributed by atoms with Gasteiger partial charge in [0, 0.05) is 11.6 Å². The molecule has 0 heterocycles. The molecule has 0 saturated heterocycles. The first-order chi connectivity index (χ1) is 8.88. The molecule has 0 spiro atoms. The Bertz CT molecular complexity index is 492. The Morgan fingerprint density at radius 1 is 1.53 bits per heavy atom. The van der Waals surface area contributed by atoms with Crippen LogP contribution in [0, 0.1) is 21.8 Å². The van der Waals surface area contributed by atoms with Gasteiger partial charge in [-0.05, 0) is 36.8 Å². The molecule has 19 heavy (non-hydrogen) atoms. The molecule has 5 heteroatoms. The minimum absolute atomic E-state index is 0.206. The number of non-ortho nitro benzene ring substituents is 1. The zero-order valence-electron chi connectivity index (χ0n) is 11.1. The lowest BCUT2D eigenvalue weighted by Crippen LogP contribution is -2.45. The summed E-state index contributed by atoms with van der Waals surface area (Å²) < 4.78 is 13.4. The van der Waals surface area contributed by atoms with Crippen molar-refractivity contribution < 1.29 is 9.31 Å². The van der Waals surface area contributed by atoms with Crippen molar-refractivity contribution >= 4 is 5.69 Å². The maximum atomic E-state index is 13.4. The van der Waals surface area contributed by atoms with Crippen LogP contribution in [0.15, 0.2) is 18.2 Å². The number of benzene rings is 1. The van der Waals surface area contributed by atoms with E-state index in [-0.39, 0.29) is 11.2 Å². The van der Waals surface area contributed by atoms with Gasteiger partial charge in [0.1, 0.15) is 5.82 Å². The van der Waals surface area contributed by atoms with Gasteiger partial charge in [-0.2, -0.15) is 0 Å². The van der Waals surface area contributed by atoms with Gasteiger partial charge in [-0.3, -0.25) is 10.1 Å². The molecule has 1 aliphatic rings. The molecular weight excluding hydrogens is 247 g/mol. The van der Waals surface area contributed by atoms with Gasteiger partial charge in [0.2, 0.25) is 0 Å². The van der Waals surface area contributed by atoms with Gasteiger partial charge in [0.05, 0.1) is 11.0 Å². The van der Waals surface area contributed by atoms with E-state index in [1.165, 1.54) is 18.6 Å². The van der Waals surface area contributed by atoms with Crippen LogP contribution in [-0.2, 0) is 6.42 Å². The van der Waals surface area contributed by atoms with Gasteiger partial charge in [0.15, 0.2) is 0 Å². The zero-order valence-corrected chi connectivity index (χ0v) is 11.1. The van der Waals surface area contributed by atoms with E-state index < -0.39 is 10.7 Å². The van der Waals surface area contributed by atoms with E-state index >= 15 is 0 Å². The Kier molecular flexibility index (Phi) is 3.85. The van der Waals surface area contributed by atoms with Crippen LogP contribution in [0.25, 0.3) is 0 Å². The first kappa shape index (κ1) is 13.9. The summed E-state index contributed by atoms with van der Waals surface area (Å²) in [6.45, 7) is 2.16. The number of nitrogens with zero attached hydrogens (tertiary/aromatic N) is 1. The van der Waals surface area contributed by atoms with Crippen LogP contribution in [0.4, 0.5) is 10.1 Å². The first-order valence-electron chi connectivity index (χ1n) is 6.61. The average molecular weight is 266 g/mol. The Hall–Kier alpha value is -1.49. The standard InChI is InChI=1S/C14H19FN2O2/c1-10-3-2-4-14(16,8-10)9-11-5-12(15)7-13(6-11)17(18)19/h5-7,10H,2-4,8-9,16H2,1H3. The van der Waals surface area contributed by atoms with Crippen LogP contribution in [0.1, 0.15) is 38.2 Å². The third kappa shape index (κ3) is 3.50. The third-order valence-corrected chi connectivity index (χ3v) is 3.84. The number of halogens is 1. The summed E-state index contributed by atoms with van der Waals surface area (Å²) in [6.07, 6.45) is 4.51. The van der Waals surface area contributed by atoms with Crippen molar-refractivity contribution in [1.82, 2.24) is 0 Å². The predicted octanol–water partition coefficient (Wildman–Crippen LogP) is 3.18. The van der Waals surface area contributed by atoms with Crippen molar-refractivity contribution in [3.05, 3.63) is 39.7 Å². The van der Waals surface area contributed by atoms with E-state index in [9.17, 15) is 14.5 Å². The maximum Gasteiger partial charge on any atom is 0.272 e. The third-order valence-electron chi connectivity index (χ3n) is 3.84. The zero-order chi connectivity index (χ0) is 14.0. The van der Waals surface area contributed by atoms with Crippen molar-refractivity contribution in [2.45, 2.75) is 44.6 Å². The Morgan fingerprint density at radius 2 is 2.26 bits per heavy atom. The average Bonchev–Trinajstić information content (AvgIpc) is 2.26. The van der Waals surface area contributed by atoms with Crippen molar-refractivity contribution in [3.8, 4) is 0 Å². The molecule has 1 saturated carbocycles. The lowest BCUT2D eigenvalue weighted by Gasteiger charge is -2.37. The van der Waals surface area contributed by atoms with Gasteiger partial charge in [-0.1, -0.05) is 19.8 Å². The molecule has 0 bridgehead atoms. The Labute approximate surface area is 112 Å². The largest absolute Gasteiger partial charge is 0.325 e. The normalized spacial score (nSPS) is 27.2. The highest BCUT2D eigenvalue weighted by atomic mass is 19.1. The van der Waals surface area contributed by atoms with E-state index in [4.69, 9.17) is 5.73 Å². The Morgan fingerprint density at radius 3 is 2.89 bits per heavy atom. The second-order valence-corrected chi connectivity index (χ2v) is 5.82. The van der Waals surface area contributed by atoms with Gasteiger partial charge in [-0.25, -0.2) is 4.39 Å². The van der Waals surface area contributed by atoms with Crippen LogP contribution < -0.4 is 5.73 Å². The van der Waals surface area contributed by atoms with Gasteiger partial charge >= 0.3 is 0 Å². The fourth-order valence-corrected chi connectivity index (χ4v) is 3.11. The molecule has 1 fully saturated rings. The van der Waals surface area contributed by atoms with E-state index in [2.05, 4.69) is 6.92 Å². The molecule has 0 radical (unpaired) electrons. The summed E-state index contributed by atoms with van der Waals surface area (Å²) >= 11 is 0. The number of hydrogen-bond acceptors (Lipinski definition) is 3. The van der Waals surface area contributed by atoms with Crippen LogP contribution in [0.5, 0.6) is 0 Å². The molecule has 0 aromatic heterocycles. The second kappa shape index (κ2) is 5.25. The number of rotatable bonds is 3. The highest BCUT2D eigenvalue weighted by molar-refractivity contribution is 5.36. The number of nitro benzene ring substituents is 1. The fourth-order valence-electron chi connectivity index (χ4n) is 3.11. The molecule has 1 aromatic rings. The minimum atomic E-state index is -0.573. The van der Waals surface area contributed by atoms with E-state index in [1.54, 1.807) is 0 Å². The topological polar surface area (TPSA) is 69.2 Å². The second-order valence-electron chi connectivity index (χ2n) is 5.82. The quantitative estimate of drug-likeness (QED) is 0.674. The molecule has 0 aliphatic heterocycles. The molecule has 2 rings (SSSR count). The molecule has 1 aromatic carbocycles. The van der Waals surface area contributed by atoms with Gasteiger partial charge in [0.25, 0.3) is 5.69 Å². The lowest BCUT2D eigenvalue weighted by molar-refractivity contribution is -0.385. The van der Waals surface area contributed by atoms with E-state index in [0.717, 1.165) is 25.3 Å². The molecule has 2 N–H and O–H groups in total. The van der Waals surface area contributed by atoms with E-state index in [1.807, 2.05) is 0 Å². The molecule has 104 valence electrons. The summed E-state index contributed by atoms with van der Waals surface area (Å²) in [5.74, 6) is -0.0149. The number of nitro groups is 1. The van der Waals surface area contributed by atoms with E-state index in [0.29, 0.717) is 17.9 Å². The van der Waals surface area contributed by atoms with Crippen LogP contribution in [0.2, 0.25) is 0 Å². The molecule has 1 aliphatic carbocycles. The summed E-state index contributed by atoms with van der Waals surface area (Å²) in [4.78, 5) is 10.2. The molecule has 0 amide bonds. The summed E-state index contributed by atoms with van der Waals surface area (Å²) in [6, 6.07) is 3.72. The summed E-state index contributed by atoms with van der Waals surface area (Å²) in [5, 5.41) is 10.7. The van der Waals surface area contributed by atoms with Crippen LogP contribution in [0.3, 0.4) is 0 Å². The van der Waals surface area contributed by atoms with Crippen LogP contribution in [-0.4, -0.2) is 10.5 Å². The summed E-state index contributed by atoms with van der Waals surface area (Å²) in [5.41, 5.74) is 6.41. The van der Waals surface area contributed by atoms with Crippen molar-refractivity contribution in [2.24, 2.45) is 11.7 Å². The highest BCUT2D eigenvalue weighted by Crippen LogP contribution is 2.33. The first-order valence-corrected chi connectivity index (χ1v) is 6.61. The summed E-state index contributed by atoms with van der Waals surface area (Å²) in [7, 11) is 0. The lowest BCUT2D eigenvalue weighted by atomic mass is 9.74. The number of nitrogens with two attached hydrogens (primary N) is 1. The van der Waals surface area contributed by atoms with Crippen molar-refractivity contribution in [3.63, 3.8) is 0 Å². The highest BCUT2D eigenvalue weighted by Gasteiger charge is 2.31.